The monoisotopic (exact) mass is 323 g/mol. The first kappa shape index (κ1) is 21.3. The van der Waals surface area contributed by atoms with Crippen molar-refractivity contribution < 1.29 is 9.53 Å². The fraction of sp³-hybridized carbons (Fsp3) is 0.462. The number of ether oxygens (including phenoxy) is 1. The van der Waals surface area contributed by atoms with E-state index in [9.17, 15) is 4.79 Å². The molecule has 0 aliphatic carbocycles. The Balaban J connectivity index is 0. The highest BCUT2D eigenvalue weighted by Gasteiger charge is 2.04. The zero-order chi connectivity index (χ0) is 13.4. The molecule has 116 valence electrons. The van der Waals surface area contributed by atoms with Gasteiger partial charge >= 0.3 is 0 Å². The maximum Gasteiger partial charge on any atom is 0.234 e. The molecule has 3 N–H and O–H groups in total. The molecule has 0 unspecified atom stereocenters. The van der Waals surface area contributed by atoms with E-state index in [0.29, 0.717) is 13.2 Å². The van der Waals surface area contributed by atoms with Crippen molar-refractivity contribution in [1.29, 1.82) is 0 Å². The van der Waals surface area contributed by atoms with Gasteiger partial charge in [0.2, 0.25) is 5.91 Å². The number of carbonyl (C=O) groups is 1. The molecular formula is C13H23Cl2N3O2. The largest absolute Gasteiger partial charge is 0.492 e. The molecule has 0 aliphatic rings. The lowest BCUT2D eigenvalue weighted by atomic mass is 10.2. The molecule has 0 saturated heterocycles. The Morgan fingerprint density at radius 2 is 1.95 bits per heavy atom. The van der Waals surface area contributed by atoms with Crippen LogP contribution >= 0.6 is 24.8 Å². The summed E-state index contributed by atoms with van der Waals surface area (Å²) < 4.78 is 5.69. The van der Waals surface area contributed by atoms with Gasteiger partial charge in [-0.1, -0.05) is 18.2 Å². The van der Waals surface area contributed by atoms with Crippen LogP contribution in [0.25, 0.3) is 0 Å². The zero-order valence-electron chi connectivity index (χ0n) is 11.8. The van der Waals surface area contributed by atoms with Crippen LogP contribution in [0, 0.1) is 0 Å². The number of para-hydroxylation sites is 1. The average molecular weight is 324 g/mol. The van der Waals surface area contributed by atoms with Gasteiger partial charge in [-0.3, -0.25) is 4.79 Å². The maximum absolute atomic E-state index is 11.1. The van der Waals surface area contributed by atoms with Crippen molar-refractivity contribution in [3.8, 4) is 5.75 Å². The summed E-state index contributed by atoms with van der Waals surface area (Å²) in [4.78, 5) is 13.2. The summed E-state index contributed by atoms with van der Waals surface area (Å²) in [7, 11) is 3.99. The Hall–Kier alpha value is -1.01. The number of nitrogens with zero attached hydrogens (tertiary/aromatic N) is 1. The molecule has 1 amide bonds. The van der Waals surface area contributed by atoms with E-state index < -0.39 is 0 Å². The van der Waals surface area contributed by atoms with Gasteiger partial charge in [-0.2, -0.15) is 0 Å². The van der Waals surface area contributed by atoms with E-state index in [1.165, 1.54) is 0 Å². The van der Waals surface area contributed by atoms with Crippen LogP contribution in [0.5, 0.6) is 5.75 Å². The summed E-state index contributed by atoms with van der Waals surface area (Å²) in [5, 5.41) is 2.73. The molecule has 0 bridgehead atoms. The van der Waals surface area contributed by atoms with E-state index >= 15 is 0 Å². The van der Waals surface area contributed by atoms with E-state index in [-0.39, 0.29) is 37.3 Å². The van der Waals surface area contributed by atoms with Crippen LogP contribution in [-0.2, 0) is 11.3 Å². The number of amides is 1. The number of hydrogen-bond donors (Lipinski definition) is 2. The Morgan fingerprint density at radius 3 is 2.55 bits per heavy atom. The minimum Gasteiger partial charge on any atom is -0.492 e. The number of hydrogen-bond acceptors (Lipinski definition) is 4. The third-order valence-corrected chi connectivity index (χ3v) is 2.43. The second-order valence-electron chi connectivity index (χ2n) is 4.24. The minimum absolute atomic E-state index is 0. The molecule has 1 rings (SSSR count). The molecule has 5 nitrogen and oxygen atoms in total. The van der Waals surface area contributed by atoms with Crippen LogP contribution in [0.3, 0.4) is 0 Å². The van der Waals surface area contributed by atoms with Crippen molar-refractivity contribution in [1.82, 2.24) is 10.2 Å². The lowest BCUT2D eigenvalue weighted by Gasteiger charge is -2.14. The standard InChI is InChI=1S/C13H21N3O2.2ClH/c1-16(2)7-8-18-12-6-4-3-5-11(12)10-15-13(17)9-14;;/h3-6H,7-10,14H2,1-2H3,(H,15,17);2*1H. The summed E-state index contributed by atoms with van der Waals surface area (Å²) in [6.07, 6.45) is 0. The van der Waals surface area contributed by atoms with Gasteiger partial charge in [-0.15, -0.1) is 24.8 Å². The van der Waals surface area contributed by atoms with Gasteiger partial charge < -0.3 is 20.7 Å². The summed E-state index contributed by atoms with van der Waals surface area (Å²) in [6, 6.07) is 7.67. The molecule has 0 aliphatic heterocycles. The number of nitrogens with one attached hydrogen (secondary N) is 1. The Bertz CT molecular complexity index is 390. The van der Waals surface area contributed by atoms with Crippen molar-refractivity contribution in [3.05, 3.63) is 29.8 Å². The molecule has 0 fully saturated rings. The average Bonchev–Trinajstić information content (AvgIpc) is 2.36. The van der Waals surface area contributed by atoms with Crippen molar-refractivity contribution in [2.24, 2.45) is 5.73 Å². The Morgan fingerprint density at radius 1 is 1.30 bits per heavy atom. The molecule has 0 aromatic heterocycles. The highest BCUT2D eigenvalue weighted by Crippen LogP contribution is 2.17. The highest BCUT2D eigenvalue weighted by molar-refractivity contribution is 5.85. The van der Waals surface area contributed by atoms with Crippen LogP contribution in [0.15, 0.2) is 24.3 Å². The van der Waals surface area contributed by atoms with Gasteiger partial charge in [0.15, 0.2) is 0 Å². The predicted molar refractivity (Wildman–Crippen MR) is 85.9 cm³/mol. The number of carbonyl (C=O) groups excluding carboxylic acids is 1. The third-order valence-electron chi connectivity index (χ3n) is 2.43. The number of likely N-dealkylation sites (N-methyl/N-ethyl adjacent to an activating group) is 1. The predicted octanol–water partition coefficient (Wildman–Crippen LogP) is 1.05. The zero-order valence-corrected chi connectivity index (χ0v) is 13.4. The van der Waals surface area contributed by atoms with Gasteiger partial charge in [0.05, 0.1) is 6.54 Å². The fourth-order valence-corrected chi connectivity index (χ4v) is 1.39. The highest BCUT2D eigenvalue weighted by atomic mass is 35.5. The van der Waals surface area contributed by atoms with Crippen LogP contribution in [0.4, 0.5) is 0 Å². The van der Waals surface area contributed by atoms with Gasteiger partial charge in [0.25, 0.3) is 0 Å². The second kappa shape index (κ2) is 11.8. The molecule has 20 heavy (non-hydrogen) atoms. The first-order chi connectivity index (χ1) is 8.63. The number of nitrogens with two attached hydrogens (primary N) is 1. The van der Waals surface area contributed by atoms with E-state index in [1.54, 1.807) is 0 Å². The summed E-state index contributed by atoms with van der Waals surface area (Å²) in [6.45, 7) is 1.91. The normalized spacial score (nSPS) is 9.40. The number of benzene rings is 1. The first-order valence-electron chi connectivity index (χ1n) is 5.95. The SMILES string of the molecule is CN(C)CCOc1ccccc1CNC(=O)CN.Cl.Cl. The third kappa shape index (κ3) is 8.22. The van der Waals surface area contributed by atoms with E-state index in [1.807, 2.05) is 38.4 Å². The minimum atomic E-state index is -0.168. The van der Waals surface area contributed by atoms with Crippen molar-refractivity contribution in [2.45, 2.75) is 6.54 Å². The molecule has 1 aromatic rings. The quantitative estimate of drug-likeness (QED) is 0.787. The summed E-state index contributed by atoms with van der Waals surface area (Å²) >= 11 is 0. The smallest absolute Gasteiger partial charge is 0.234 e. The lowest BCUT2D eigenvalue weighted by Crippen LogP contribution is -2.29. The number of rotatable bonds is 7. The van der Waals surface area contributed by atoms with Gasteiger partial charge in [0, 0.05) is 18.7 Å². The van der Waals surface area contributed by atoms with Gasteiger partial charge in [0.1, 0.15) is 12.4 Å². The number of halogens is 2. The molecule has 0 atom stereocenters. The van der Waals surface area contributed by atoms with Crippen LogP contribution < -0.4 is 15.8 Å². The van der Waals surface area contributed by atoms with E-state index in [0.717, 1.165) is 17.9 Å². The molecule has 0 spiro atoms. The lowest BCUT2D eigenvalue weighted by molar-refractivity contribution is -0.119. The van der Waals surface area contributed by atoms with Crippen LogP contribution in [0.1, 0.15) is 5.56 Å². The fourth-order valence-electron chi connectivity index (χ4n) is 1.39. The maximum atomic E-state index is 11.1. The van der Waals surface area contributed by atoms with Gasteiger partial charge in [-0.25, -0.2) is 0 Å². The van der Waals surface area contributed by atoms with Gasteiger partial charge in [-0.05, 0) is 20.2 Å². The van der Waals surface area contributed by atoms with Crippen molar-refractivity contribution in [3.63, 3.8) is 0 Å². The van der Waals surface area contributed by atoms with Crippen LogP contribution in [0.2, 0.25) is 0 Å². The Labute approximate surface area is 132 Å². The molecule has 1 aromatic carbocycles. The topological polar surface area (TPSA) is 67.6 Å². The summed E-state index contributed by atoms with van der Waals surface area (Å²) in [5.41, 5.74) is 6.20. The van der Waals surface area contributed by atoms with Crippen LogP contribution in [-0.4, -0.2) is 44.6 Å². The first-order valence-corrected chi connectivity index (χ1v) is 5.95. The summed E-state index contributed by atoms with van der Waals surface area (Å²) in [5.74, 6) is 0.634. The molecule has 0 radical (unpaired) electrons. The molecular weight excluding hydrogens is 301 g/mol. The van der Waals surface area contributed by atoms with E-state index in [4.69, 9.17) is 10.5 Å². The van der Waals surface area contributed by atoms with Crippen molar-refractivity contribution in [2.75, 3.05) is 33.8 Å². The molecule has 7 heteroatoms. The molecule has 0 heterocycles. The molecule has 0 saturated carbocycles. The van der Waals surface area contributed by atoms with E-state index in [2.05, 4.69) is 10.2 Å². The van der Waals surface area contributed by atoms with Crippen molar-refractivity contribution >= 4 is 30.7 Å². The second-order valence-corrected chi connectivity index (χ2v) is 4.24. The Kier molecular flexibility index (Phi) is 12.5.